The van der Waals surface area contributed by atoms with Crippen LogP contribution in [0.5, 0.6) is 0 Å². The number of sulfonamides is 1. The second kappa shape index (κ2) is 5.51. The van der Waals surface area contributed by atoms with Crippen LogP contribution in [-0.2, 0) is 10.0 Å². The minimum atomic E-state index is -3.66. The predicted octanol–water partition coefficient (Wildman–Crippen LogP) is 1.96. The number of hydrogen-bond acceptors (Lipinski definition) is 5. The van der Waals surface area contributed by atoms with Crippen molar-refractivity contribution in [3.8, 4) is 0 Å². The Morgan fingerprint density at radius 1 is 1.45 bits per heavy atom. The predicted molar refractivity (Wildman–Crippen MR) is 83.6 cm³/mol. The first kappa shape index (κ1) is 14.9. The Kier molecular flexibility index (Phi) is 4.11. The van der Waals surface area contributed by atoms with Crippen LogP contribution in [-0.4, -0.2) is 23.2 Å². The molecule has 0 amide bonds. The standard InChI is InChI=1S/C11H14N4O2S3/c1-7(2)15-9(5-6-13-15)14-20(16,17)10-4-3-8(19-10)11(12)18/h3-7,14H,1-2H3,(H2,12,18). The van der Waals surface area contributed by atoms with Crippen LogP contribution in [0.15, 0.2) is 28.6 Å². The summed E-state index contributed by atoms with van der Waals surface area (Å²) in [4.78, 5) is 0.751. The molecule has 2 heterocycles. The molecule has 0 saturated carbocycles. The molecule has 108 valence electrons. The molecule has 0 unspecified atom stereocenters. The Balaban J connectivity index is 2.31. The summed E-state index contributed by atoms with van der Waals surface area (Å²) >= 11 is 5.87. The largest absolute Gasteiger partial charge is 0.389 e. The highest BCUT2D eigenvalue weighted by atomic mass is 32.2. The van der Waals surface area contributed by atoms with E-state index in [1.165, 1.54) is 6.07 Å². The normalized spacial score (nSPS) is 11.8. The zero-order valence-electron chi connectivity index (χ0n) is 10.9. The van der Waals surface area contributed by atoms with Crippen LogP contribution >= 0.6 is 23.6 Å². The maximum absolute atomic E-state index is 12.3. The smallest absolute Gasteiger partial charge is 0.272 e. The number of nitrogens with one attached hydrogen (secondary N) is 1. The van der Waals surface area contributed by atoms with Crippen LogP contribution in [0.4, 0.5) is 5.82 Å². The number of nitrogens with two attached hydrogens (primary N) is 1. The molecule has 2 aromatic heterocycles. The van der Waals surface area contributed by atoms with Crippen molar-refractivity contribution in [2.45, 2.75) is 24.1 Å². The molecule has 0 aliphatic heterocycles. The summed E-state index contributed by atoms with van der Waals surface area (Å²) in [6.45, 7) is 3.84. The van der Waals surface area contributed by atoms with Crippen molar-refractivity contribution in [2.75, 3.05) is 4.72 Å². The van der Waals surface area contributed by atoms with Gasteiger partial charge in [0.05, 0.1) is 11.1 Å². The Hall–Kier alpha value is -1.45. The molecular weight excluding hydrogens is 316 g/mol. The number of rotatable bonds is 5. The number of hydrogen-bond donors (Lipinski definition) is 2. The highest BCUT2D eigenvalue weighted by Crippen LogP contribution is 2.24. The van der Waals surface area contributed by atoms with Gasteiger partial charge in [0.1, 0.15) is 15.0 Å². The van der Waals surface area contributed by atoms with Crippen molar-refractivity contribution in [1.29, 1.82) is 0 Å². The van der Waals surface area contributed by atoms with Gasteiger partial charge in [-0.3, -0.25) is 4.72 Å². The van der Waals surface area contributed by atoms with E-state index in [0.29, 0.717) is 10.7 Å². The van der Waals surface area contributed by atoms with Gasteiger partial charge in [0.15, 0.2) is 0 Å². The number of thiocarbonyl (C=S) groups is 1. The molecule has 0 aliphatic rings. The van der Waals surface area contributed by atoms with Crippen molar-refractivity contribution in [3.63, 3.8) is 0 Å². The van der Waals surface area contributed by atoms with Gasteiger partial charge in [-0.2, -0.15) is 5.10 Å². The van der Waals surface area contributed by atoms with E-state index >= 15 is 0 Å². The minimum Gasteiger partial charge on any atom is -0.389 e. The van der Waals surface area contributed by atoms with Gasteiger partial charge in [-0.05, 0) is 26.0 Å². The average molecular weight is 330 g/mol. The van der Waals surface area contributed by atoms with Gasteiger partial charge in [-0.25, -0.2) is 13.1 Å². The Morgan fingerprint density at radius 2 is 2.15 bits per heavy atom. The lowest BCUT2D eigenvalue weighted by Crippen LogP contribution is -2.16. The summed E-state index contributed by atoms with van der Waals surface area (Å²) in [6, 6.07) is 4.75. The third-order valence-corrected chi connectivity index (χ3v) is 5.80. The zero-order chi connectivity index (χ0) is 14.9. The number of nitrogens with zero attached hydrogens (tertiary/aromatic N) is 2. The SMILES string of the molecule is CC(C)n1nccc1NS(=O)(=O)c1ccc(C(N)=S)s1. The van der Waals surface area contributed by atoms with Crippen LogP contribution in [0.3, 0.4) is 0 Å². The second-order valence-electron chi connectivity index (χ2n) is 4.34. The lowest BCUT2D eigenvalue weighted by atomic mass is 10.4. The Morgan fingerprint density at radius 3 is 2.70 bits per heavy atom. The highest BCUT2D eigenvalue weighted by molar-refractivity contribution is 7.94. The van der Waals surface area contributed by atoms with Gasteiger partial charge in [0.2, 0.25) is 0 Å². The molecule has 6 nitrogen and oxygen atoms in total. The molecule has 0 spiro atoms. The van der Waals surface area contributed by atoms with Crippen LogP contribution < -0.4 is 10.5 Å². The maximum atomic E-state index is 12.3. The number of anilines is 1. The summed E-state index contributed by atoms with van der Waals surface area (Å²) < 4.78 is 28.8. The zero-order valence-corrected chi connectivity index (χ0v) is 13.3. The van der Waals surface area contributed by atoms with Gasteiger partial charge in [-0.15, -0.1) is 11.3 Å². The molecule has 2 rings (SSSR count). The minimum absolute atomic E-state index is 0.0539. The molecule has 3 N–H and O–H groups in total. The molecule has 20 heavy (non-hydrogen) atoms. The van der Waals surface area contributed by atoms with Crippen molar-refractivity contribution >= 4 is 44.4 Å². The molecular formula is C11H14N4O2S3. The fraction of sp³-hybridized carbons (Fsp3) is 0.273. The van der Waals surface area contributed by atoms with E-state index in [-0.39, 0.29) is 15.2 Å². The molecule has 0 fully saturated rings. The van der Waals surface area contributed by atoms with E-state index in [1.807, 2.05) is 13.8 Å². The highest BCUT2D eigenvalue weighted by Gasteiger charge is 2.20. The van der Waals surface area contributed by atoms with Crippen LogP contribution in [0.1, 0.15) is 24.8 Å². The molecule has 0 radical (unpaired) electrons. The third kappa shape index (κ3) is 3.00. The van der Waals surface area contributed by atoms with E-state index in [4.69, 9.17) is 18.0 Å². The maximum Gasteiger partial charge on any atom is 0.272 e. The molecule has 0 atom stereocenters. The van der Waals surface area contributed by atoms with Crippen molar-refractivity contribution < 1.29 is 8.42 Å². The van der Waals surface area contributed by atoms with Crippen LogP contribution in [0.25, 0.3) is 0 Å². The van der Waals surface area contributed by atoms with Gasteiger partial charge in [0.25, 0.3) is 10.0 Å². The first-order valence-corrected chi connectivity index (χ1v) is 8.48. The third-order valence-electron chi connectivity index (χ3n) is 2.49. The summed E-state index contributed by atoms with van der Waals surface area (Å²) in [6.07, 6.45) is 1.55. The van der Waals surface area contributed by atoms with E-state index in [2.05, 4.69) is 9.82 Å². The summed E-state index contributed by atoms with van der Waals surface area (Å²) in [5.74, 6) is 0.422. The van der Waals surface area contributed by atoms with E-state index < -0.39 is 10.0 Å². The fourth-order valence-electron chi connectivity index (χ4n) is 1.59. The average Bonchev–Trinajstić information content (AvgIpc) is 2.95. The summed E-state index contributed by atoms with van der Waals surface area (Å²) in [5, 5.41) is 4.08. The summed E-state index contributed by atoms with van der Waals surface area (Å²) in [7, 11) is -3.66. The first-order chi connectivity index (χ1) is 9.31. The lowest BCUT2D eigenvalue weighted by molar-refractivity contribution is 0.539. The fourth-order valence-corrected chi connectivity index (χ4v) is 3.99. The molecule has 0 aliphatic carbocycles. The monoisotopic (exact) mass is 330 g/mol. The van der Waals surface area contributed by atoms with Crippen molar-refractivity contribution in [2.24, 2.45) is 5.73 Å². The Bertz CT molecular complexity index is 730. The van der Waals surface area contributed by atoms with E-state index in [1.54, 1.807) is 23.0 Å². The molecule has 0 aromatic carbocycles. The van der Waals surface area contributed by atoms with E-state index in [0.717, 1.165) is 11.3 Å². The number of aromatic nitrogens is 2. The topological polar surface area (TPSA) is 90.0 Å². The molecule has 9 heteroatoms. The van der Waals surface area contributed by atoms with Crippen molar-refractivity contribution in [1.82, 2.24) is 9.78 Å². The molecule has 2 aromatic rings. The first-order valence-electron chi connectivity index (χ1n) is 5.77. The van der Waals surface area contributed by atoms with Gasteiger partial charge in [0, 0.05) is 12.1 Å². The van der Waals surface area contributed by atoms with E-state index in [9.17, 15) is 8.42 Å². The van der Waals surface area contributed by atoms with Gasteiger partial charge < -0.3 is 5.73 Å². The lowest BCUT2D eigenvalue weighted by Gasteiger charge is -2.12. The quantitative estimate of drug-likeness (QED) is 0.818. The van der Waals surface area contributed by atoms with Crippen LogP contribution in [0.2, 0.25) is 0 Å². The molecule has 0 saturated heterocycles. The van der Waals surface area contributed by atoms with Crippen molar-refractivity contribution in [3.05, 3.63) is 29.3 Å². The Labute approximate surface area is 126 Å². The number of thiophene rings is 1. The second-order valence-corrected chi connectivity index (χ2v) is 7.78. The molecule has 0 bridgehead atoms. The van der Waals surface area contributed by atoms with Gasteiger partial charge in [-0.1, -0.05) is 12.2 Å². The summed E-state index contributed by atoms with van der Waals surface area (Å²) in [5.41, 5.74) is 5.48. The van der Waals surface area contributed by atoms with Crippen LogP contribution in [0, 0.1) is 0 Å². The van der Waals surface area contributed by atoms with Gasteiger partial charge >= 0.3 is 0 Å².